The molecule has 1 aliphatic carbocycles. The molecule has 1 N–H and O–H groups in total. The summed E-state index contributed by atoms with van der Waals surface area (Å²) < 4.78 is 2.03. The van der Waals surface area contributed by atoms with Gasteiger partial charge in [0.1, 0.15) is 0 Å². The smallest absolute Gasteiger partial charge is 0.195 e. The lowest BCUT2D eigenvalue weighted by Crippen LogP contribution is -2.19. The van der Waals surface area contributed by atoms with Crippen LogP contribution in [-0.2, 0) is 0 Å². The van der Waals surface area contributed by atoms with Gasteiger partial charge >= 0.3 is 0 Å². The van der Waals surface area contributed by atoms with E-state index in [0.29, 0.717) is 0 Å². The summed E-state index contributed by atoms with van der Waals surface area (Å²) in [5.41, 5.74) is 0.918. The van der Waals surface area contributed by atoms with E-state index in [9.17, 15) is 0 Å². The van der Waals surface area contributed by atoms with Crippen molar-refractivity contribution in [2.45, 2.75) is 18.0 Å². The fraction of sp³-hybridized carbons (Fsp3) is 0.500. The van der Waals surface area contributed by atoms with Crippen LogP contribution in [0.4, 0.5) is 0 Å². The van der Waals surface area contributed by atoms with Gasteiger partial charge in [-0.05, 0) is 37.4 Å². The van der Waals surface area contributed by atoms with E-state index in [2.05, 4.69) is 15.5 Å². The largest absolute Gasteiger partial charge is 0.316 e. The molecule has 1 saturated carbocycles. The Hall–Kier alpha value is -1.07. The van der Waals surface area contributed by atoms with Crippen LogP contribution in [0.25, 0.3) is 5.65 Å². The summed E-state index contributed by atoms with van der Waals surface area (Å²) >= 11 is 1.76. The third kappa shape index (κ3) is 2.79. The average molecular weight is 248 g/mol. The Kier molecular flexibility index (Phi) is 3.29. The Morgan fingerprint density at radius 3 is 3.18 bits per heavy atom. The standard InChI is InChI=1S/C12H16N4S/c1-2-7-16-11(3-1)14-15-12(16)17-8-6-13-9-10-4-5-10/h1-3,7,10,13H,4-6,8-9H2. The van der Waals surface area contributed by atoms with Crippen molar-refractivity contribution in [1.29, 1.82) is 0 Å². The van der Waals surface area contributed by atoms with Crippen LogP contribution < -0.4 is 5.32 Å². The summed E-state index contributed by atoms with van der Waals surface area (Å²) in [7, 11) is 0. The normalized spacial score (nSPS) is 15.5. The van der Waals surface area contributed by atoms with E-state index in [0.717, 1.165) is 29.0 Å². The molecule has 5 heteroatoms. The van der Waals surface area contributed by atoms with Crippen molar-refractivity contribution >= 4 is 17.4 Å². The van der Waals surface area contributed by atoms with E-state index in [1.54, 1.807) is 11.8 Å². The van der Waals surface area contributed by atoms with E-state index in [4.69, 9.17) is 0 Å². The first-order valence-corrected chi connectivity index (χ1v) is 7.05. The molecule has 1 aliphatic rings. The lowest BCUT2D eigenvalue weighted by atomic mass is 10.4. The minimum Gasteiger partial charge on any atom is -0.316 e. The Morgan fingerprint density at radius 2 is 2.29 bits per heavy atom. The van der Waals surface area contributed by atoms with Gasteiger partial charge in [0.2, 0.25) is 0 Å². The van der Waals surface area contributed by atoms with Gasteiger partial charge in [0.15, 0.2) is 10.8 Å². The fourth-order valence-corrected chi connectivity index (χ4v) is 2.58. The van der Waals surface area contributed by atoms with Crippen LogP contribution in [0.1, 0.15) is 12.8 Å². The average Bonchev–Trinajstić information content (AvgIpc) is 3.09. The maximum atomic E-state index is 4.19. The third-order valence-electron chi connectivity index (χ3n) is 2.92. The SMILES string of the molecule is c1ccn2c(SCCNCC3CC3)nnc2c1. The zero-order valence-electron chi connectivity index (χ0n) is 9.67. The van der Waals surface area contributed by atoms with Crippen LogP contribution in [0, 0.1) is 5.92 Å². The molecule has 0 spiro atoms. The van der Waals surface area contributed by atoms with E-state index in [1.807, 2.05) is 28.8 Å². The van der Waals surface area contributed by atoms with Gasteiger partial charge in [0.05, 0.1) is 0 Å². The monoisotopic (exact) mass is 248 g/mol. The molecule has 17 heavy (non-hydrogen) atoms. The van der Waals surface area contributed by atoms with E-state index in [1.165, 1.54) is 19.4 Å². The van der Waals surface area contributed by atoms with Crippen LogP contribution >= 0.6 is 11.8 Å². The van der Waals surface area contributed by atoms with Gasteiger partial charge in [-0.2, -0.15) is 0 Å². The van der Waals surface area contributed by atoms with Crippen molar-refractivity contribution in [2.75, 3.05) is 18.8 Å². The number of fused-ring (bicyclic) bond motifs is 1. The van der Waals surface area contributed by atoms with Crippen LogP contribution in [0.15, 0.2) is 29.6 Å². The highest BCUT2D eigenvalue weighted by Crippen LogP contribution is 2.27. The van der Waals surface area contributed by atoms with Gasteiger partial charge in [0.25, 0.3) is 0 Å². The van der Waals surface area contributed by atoms with Crippen LogP contribution in [0.5, 0.6) is 0 Å². The molecule has 0 radical (unpaired) electrons. The Balaban J connectivity index is 1.50. The molecular formula is C12H16N4S. The molecule has 2 aromatic heterocycles. The topological polar surface area (TPSA) is 42.2 Å². The van der Waals surface area contributed by atoms with Crippen molar-refractivity contribution in [3.8, 4) is 0 Å². The molecule has 2 aromatic rings. The van der Waals surface area contributed by atoms with E-state index < -0.39 is 0 Å². The fourth-order valence-electron chi connectivity index (χ4n) is 1.76. The third-order valence-corrected chi connectivity index (χ3v) is 3.87. The van der Waals surface area contributed by atoms with Gasteiger partial charge in [0, 0.05) is 18.5 Å². The number of rotatable bonds is 6. The molecule has 0 unspecified atom stereocenters. The molecule has 0 saturated heterocycles. The van der Waals surface area contributed by atoms with E-state index in [-0.39, 0.29) is 0 Å². The zero-order valence-corrected chi connectivity index (χ0v) is 10.5. The molecular weight excluding hydrogens is 232 g/mol. The summed E-state index contributed by atoms with van der Waals surface area (Å²) in [6.45, 7) is 2.23. The van der Waals surface area contributed by atoms with Crippen LogP contribution in [0.3, 0.4) is 0 Å². The van der Waals surface area contributed by atoms with Crippen molar-refractivity contribution in [1.82, 2.24) is 19.9 Å². The number of thioether (sulfide) groups is 1. The van der Waals surface area contributed by atoms with Crippen molar-refractivity contribution in [3.63, 3.8) is 0 Å². The summed E-state index contributed by atoms with van der Waals surface area (Å²) in [5, 5.41) is 12.8. The molecule has 2 heterocycles. The second-order valence-electron chi connectivity index (χ2n) is 4.41. The number of hydrogen-bond acceptors (Lipinski definition) is 4. The van der Waals surface area contributed by atoms with Crippen LogP contribution in [-0.4, -0.2) is 33.4 Å². The Bertz CT molecular complexity index is 492. The van der Waals surface area contributed by atoms with Gasteiger partial charge in [-0.1, -0.05) is 17.8 Å². The van der Waals surface area contributed by atoms with Gasteiger partial charge in [-0.15, -0.1) is 10.2 Å². The molecule has 1 fully saturated rings. The maximum absolute atomic E-state index is 4.19. The minimum atomic E-state index is 0.918. The quantitative estimate of drug-likeness (QED) is 0.625. The molecule has 0 aliphatic heterocycles. The van der Waals surface area contributed by atoms with E-state index >= 15 is 0 Å². The Morgan fingerprint density at radius 1 is 1.35 bits per heavy atom. The molecule has 3 rings (SSSR count). The lowest BCUT2D eigenvalue weighted by Gasteiger charge is -2.02. The van der Waals surface area contributed by atoms with Gasteiger partial charge < -0.3 is 5.32 Å². The molecule has 4 nitrogen and oxygen atoms in total. The lowest BCUT2D eigenvalue weighted by molar-refractivity contribution is 0.665. The summed E-state index contributed by atoms with van der Waals surface area (Å²) in [4.78, 5) is 0. The summed E-state index contributed by atoms with van der Waals surface area (Å²) in [6, 6.07) is 5.96. The first kappa shape index (κ1) is 11.0. The zero-order chi connectivity index (χ0) is 11.5. The predicted octanol–water partition coefficient (Wildman–Crippen LogP) is 1.82. The van der Waals surface area contributed by atoms with Crippen molar-refractivity contribution < 1.29 is 0 Å². The molecule has 90 valence electrons. The highest BCUT2D eigenvalue weighted by Gasteiger charge is 2.19. The predicted molar refractivity (Wildman–Crippen MR) is 69.3 cm³/mol. The van der Waals surface area contributed by atoms with Gasteiger partial charge in [-0.3, -0.25) is 4.40 Å². The number of nitrogens with one attached hydrogen (secondary N) is 1. The molecule has 0 aromatic carbocycles. The summed E-state index contributed by atoms with van der Waals surface area (Å²) in [5.74, 6) is 2.00. The Labute approximate surface area is 105 Å². The highest BCUT2D eigenvalue weighted by atomic mass is 32.2. The minimum absolute atomic E-state index is 0.918. The van der Waals surface area contributed by atoms with Crippen LogP contribution in [0.2, 0.25) is 0 Å². The first-order chi connectivity index (χ1) is 8.43. The number of aromatic nitrogens is 3. The molecule has 0 amide bonds. The number of hydrogen-bond donors (Lipinski definition) is 1. The van der Waals surface area contributed by atoms with Gasteiger partial charge in [-0.25, -0.2) is 0 Å². The first-order valence-electron chi connectivity index (χ1n) is 6.07. The number of nitrogens with zero attached hydrogens (tertiary/aromatic N) is 3. The second-order valence-corrected chi connectivity index (χ2v) is 5.47. The summed E-state index contributed by atoms with van der Waals surface area (Å²) in [6.07, 6.45) is 4.83. The number of pyridine rings is 1. The van der Waals surface area contributed by atoms with Crippen molar-refractivity contribution in [2.24, 2.45) is 5.92 Å². The molecule has 0 bridgehead atoms. The second kappa shape index (κ2) is 5.06. The molecule has 0 atom stereocenters. The maximum Gasteiger partial charge on any atom is 0.195 e. The highest BCUT2D eigenvalue weighted by molar-refractivity contribution is 7.99. The van der Waals surface area contributed by atoms with Crippen molar-refractivity contribution in [3.05, 3.63) is 24.4 Å².